The third-order valence-electron chi connectivity index (χ3n) is 2.73. The second kappa shape index (κ2) is 1.72. The van der Waals surface area contributed by atoms with E-state index < -0.39 is 0 Å². The van der Waals surface area contributed by atoms with E-state index in [0.717, 1.165) is 18.0 Å². The predicted octanol–water partition coefficient (Wildman–Crippen LogP) is 1.49. The molecule has 0 aromatic heterocycles. The molecule has 0 amide bonds. The van der Waals surface area contributed by atoms with E-state index in [1.54, 1.807) is 0 Å². The van der Waals surface area contributed by atoms with Gasteiger partial charge in [0.1, 0.15) is 0 Å². The van der Waals surface area contributed by atoms with Crippen LogP contribution in [0.5, 0.6) is 0 Å². The largest absolute Gasteiger partial charge is 0.298 e. The highest BCUT2D eigenvalue weighted by molar-refractivity contribution is 5.01. The van der Waals surface area contributed by atoms with E-state index in [2.05, 4.69) is 18.7 Å². The smallest absolute Gasteiger partial charge is 0.0130 e. The van der Waals surface area contributed by atoms with Crippen LogP contribution in [0.25, 0.3) is 0 Å². The van der Waals surface area contributed by atoms with Crippen LogP contribution in [-0.4, -0.2) is 23.5 Å². The first-order chi connectivity index (χ1) is 4.29. The number of nitrogens with zero attached hydrogens (tertiary/aromatic N) is 1. The molecule has 1 aliphatic carbocycles. The van der Waals surface area contributed by atoms with Gasteiger partial charge in [-0.05, 0) is 39.2 Å². The molecule has 2 atom stereocenters. The van der Waals surface area contributed by atoms with Crippen LogP contribution in [0.4, 0.5) is 0 Å². The first-order valence-corrected chi connectivity index (χ1v) is 4.05. The second-order valence-corrected chi connectivity index (χ2v) is 3.68. The molecule has 1 heteroatoms. The van der Waals surface area contributed by atoms with Crippen molar-refractivity contribution in [2.75, 3.05) is 6.54 Å². The summed E-state index contributed by atoms with van der Waals surface area (Å²) < 4.78 is 0. The maximum absolute atomic E-state index is 2.64. The summed E-state index contributed by atoms with van der Waals surface area (Å²) >= 11 is 0. The Morgan fingerprint density at radius 1 is 1.44 bits per heavy atom. The molecule has 0 aromatic rings. The maximum atomic E-state index is 2.64. The van der Waals surface area contributed by atoms with Gasteiger partial charge in [0, 0.05) is 12.1 Å². The number of hydrogen-bond acceptors (Lipinski definition) is 1. The first kappa shape index (κ1) is 5.72. The van der Waals surface area contributed by atoms with Crippen molar-refractivity contribution in [2.24, 2.45) is 5.92 Å². The quantitative estimate of drug-likeness (QED) is 0.513. The molecule has 2 rings (SSSR count). The number of fused-ring (bicyclic) bond motifs is 1. The Hall–Kier alpha value is -0.0400. The first-order valence-electron chi connectivity index (χ1n) is 4.05. The molecule has 1 saturated heterocycles. The van der Waals surface area contributed by atoms with Crippen molar-refractivity contribution < 1.29 is 0 Å². The normalized spacial score (nSPS) is 41.7. The molecule has 1 saturated carbocycles. The zero-order chi connectivity index (χ0) is 6.43. The molecule has 1 nitrogen and oxygen atoms in total. The SMILES string of the molecule is CC(C)N1CC[C@H]2C[C@H]21. The molecule has 0 N–H and O–H groups in total. The molecule has 52 valence electrons. The van der Waals surface area contributed by atoms with E-state index in [1.165, 1.54) is 19.4 Å². The van der Waals surface area contributed by atoms with Gasteiger partial charge in [0.05, 0.1) is 0 Å². The molecule has 0 radical (unpaired) electrons. The van der Waals surface area contributed by atoms with E-state index in [0.29, 0.717) is 0 Å². The number of piperidine rings is 1. The summed E-state index contributed by atoms with van der Waals surface area (Å²) in [5.41, 5.74) is 0. The van der Waals surface area contributed by atoms with Gasteiger partial charge in [0.25, 0.3) is 0 Å². The lowest BCUT2D eigenvalue weighted by Gasteiger charge is -2.21. The average molecular weight is 125 g/mol. The zero-order valence-electron chi connectivity index (χ0n) is 6.30. The summed E-state index contributed by atoms with van der Waals surface area (Å²) in [5.74, 6) is 1.10. The van der Waals surface area contributed by atoms with Crippen LogP contribution in [0.2, 0.25) is 0 Å². The molecular weight excluding hydrogens is 110 g/mol. The number of likely N-dealkylation sites (tertiary alicyclic amines) is 1. The molecule has 0 bridgehead atoms. The van der Waals surface area contributed by atoms with Crippen molar-refractivity contribution in [2.45, 2.75) is 38.8 Å². The van der Waals surface area contributed by atoms with Crippen LogP contribution in [0.3, 0.4) is 0 Å². The average Bonchev–Trinajstić information content (AvgIpc) is 2.43. The lowest BCUT2D eigenvalue weighted by atomic mass is 10.3. The molecule has 0 aromatic carbocycles. The highest BCUT2D eigenvalue weighted by Crippen LogP contribution is 2.45. The summed E-state index contributed by atoms with van der Waals surface area (Å²) in [7, 11) is 0. The van der Waals surface area contributed by atoms with E-state index >= 15 is 0 Å². The highest BCUT2D eigenvalue weighted by atomic mass is 15.2. The third-order valence-corrected chi connectivity index (χ3v) is 2.73. The molecule has 9 heavy (non-hydrogen) atoms. The van der Waals surface area contributed by atoms with Crippen molar-refractivity contribution in [1.29, 1.82) is 0 Å². The minimum atomic E-state index is 0.794. The fourth-order valence-corrected chi connectivity index (χ4v) is 2.07. The highest BCUT2D eigenvalue weighted by Gasteiger charge is 2.47. The number of rotatable bonds is 1. The second-order valence-electron chi connectivity index (χ2n) is 3.68. The van der Waals surface area contributed by atoms with Crippen molar-refractivity contribution in [3.63, 3.8) is 0 Å². The van der Waals surface area contributed by atoms with Gasteiger partial charge in [-0.3, -0.25) is 4.90 Å². The fourth-order valence-electron chi connectivity index (χ4n) is 2.07. The van der Waals surface area contributed by atoms with Gasteiger partial charge in [-0.1, -0.05) is 0 Å². The van der Waals surface area contributed by atoms with Gasteiger partial charge < -0.3 is 0 Å². The summed E-state index contributed by atoms with van der Waals surface area (Å²) in [5, 5.41) is 0. The van der Waals surface area contributed by atoms with E-state index in [4.69, 9.17) is 0 Å². The van der Waals surface area contributed by atoms with E-state index in [1.807, 2.05) is 0 Å². The Morgan fingerprint density at radius 3 is 2.44 bits per heavy atom. The van der Waals surface area contributed by atoms with Crippen LogP contribution in [0, 0.1) is 5.92 Å². The summed E-state index contributed by atoms with van der Waals surface area (Å²) in [6.45, 7) is 5.98. The fraction of sp³-hybridized carbons (Fsp3) is 1.00. The van der Waals surface area contributed by atoms with E-state index in [9.17, 15) is 0 Å². The standard InChI is InChI=1S/C8H15N/c1-6(2)9-4-3-7-5-8(7)9/h6-8H,3-5H2,1-2H3/t7-,8+/m0/s1. The van der Waals surface area contributed by atoms with Gasteiger partial charge in [0.15, 0.2) is 0 Å². The molecule has 1 aliphatic heterocycles. The Bertz CT molecular complexity index is 120. The monoisotopic (exact) mass is 125 g/mol. The third kappa shape index (κ3) is 0.787. The summed E-state index contributed by atoms with van der Waals surface area (Å²) in [4.78, 5) is 2.64. The molecule has 2 aliphatic rings. The van der Waals surface area contributed by atoms with Crippen molar-refractivity contribution in [1.82, 2.24) is 4.90 Å². The summed E-state index contributed by atoms with van der Waals surface area (Å²) in [6.07, 6.45) is 2.97. The van der Waals surface area contributed by atoms with Crippen LogP contribution < -0.4 is 0 Å². The Morgan fingerprint density at radius 2 is 2.22 bits per heavy atom. The Kier molecular flexibility index (Phi) is 1.10. The maximum Gasteiger partial charge on any atom is 0.0130 e. The van der Waals surface area contributed by atoms with Crippen LogP contribution in [-0.2, 0) is 0 Å². The van der Waals surface area contributed by atoms with Crippen LogP contribution in [0.15, 0.2) is 0 Å². The topological polar surface area (TPSA) is 3.24 Å². The molecule has 1 heterocycles. The predicted molar refractivity (Wildman–Crippen MR) is 38.4 cm³/mol. The van der Waals surface area contributed by atoms with Crippen LogP contribution >= 0.6 is 0 Å². The lowest BCUT2D eigenvalue weighted by molar-refractivity contribution is 0.242. The molecule has 0 unspecified atom stereocenters. The van der Waals surface area contributed by atoms with Crippen LogP contribution in [0.1, 0.15) is 26.7 Å². The number of hydrogen-bond donors (Lipinski definition) is 0. The minimum absolute atomic E-state index is 0.794. The van der Waals surface area contributed by atoms with Gasteiger partial charge in [-0.2, -0.15) is 0 Å². The Labute approximate surface area is 57.0 Å². The lowest BCUT2D eigenvalue weighted by Crippen LogP contribution is -2.30. The zero-order valence-corrected chi connectivity index (χ0v) is 6.30. The van der Waals surface area contributed by atoms with E-state index in [-0.39, 0.29) is 0 Å². The van der Waals surface area contributed by atoms with Crippen molar-refractivity contribution >= 4 is 0 Å². The van der Waals surface area contributed by atoms with Gasteiger partial charge >= 0.3 is 0 Å². The van der Waals surface area contributed by atoms with Gasteiger partial charge in [-0.15, -0.1) is 0 Å². The molecular formula is C8H15N. The van der Waals surface area contributed by atoms with Gasteiger partial charge in [0.2, 0.25) is 0 Å². The Balaban J connectivity index is 1.98. The minimum Gasteiger partial charge on any atom is -0.298 e. The molecule has 2 fully saturated rings. The molecule has 0 spiro atoms. The summed E-state index contributed by atoms with van der Waals surface area (Å²) in [6, 6.07) is 1.80. The van der Waals surface area contributed by atoms with Gasteiger partial charge in [-0.25, -0.2) is 0 Å². The van der Waals surface area contributed by atoms with Crippen molar-refractivity contribution in [3.05, 3.63) is 0 Å². The van der Waals surface area contributed by atoms with Crippen molar-refractivity contribution in [3.8, 4) is 0 Å².